The van der Waals surface area contributed by atoms with E-state index in [-0.39, 0.29) is 5.75 Å². The highest BCUT2D eigenvalue weighted by Crippen LogP contribution is 2.28. The summed E-state index contributed by atoms with van der Waals surface area (Å²) in [5, 5.41) is 9.36. The van der Waals surface area contributed by atoms with E-state index in [9.17, 15) is 5.11 Å². The van der Waals surface area contributed by atoms with Gasteiger partial charge in [0.2, 0.25) is 0 Å². The first-order valence-corrected chi connectivity index (χ1v) is 5.26. The molecule has 0 aliphatic rings. The smallest absolute Gasteiger partial charge is 0.138 e. The van der Waals surface area contributed by atoms with E-state index in [0.29, 0.717) is 5.69 Å². The van der Waals surface area contributed by atoms with Crippen molar-refractivity contribution in [3.63, 3.8) is 0 Å². The molecule has 4 nitrogen and oxygen atoms in total. The number of hydrogen-bond acceptors (Lipinski definition) is 3. The van der Waals surface area contributed by atoms with E-state index >= 15 is 0 Å². The Labute approximate surface area is 94.1 Å². The second kappa shape index (κ2) is 3.89. The van der Waals surface area contributed by atoms with Gasteiger partial charge in [-0.25, -0.2) is 4.98 Å². The van der Waals surface area contributed by atoms with Crippen molar-refractivity contribution in [1.29, 1.82) is 0 Å². The lowest BCUT2D eigenvalue weighted by Crippen LogP contribution is -1.88. The molecule has 0 radical (unpaired) electrons. The number of nitrogen functional groups attached to an aromatic ring is 1. The summed E-state index contributed by atoms with van der Waals surface area (Å²) in [6.45, 7) is 4.03. The molecule has 0 aliphatic heterocycles. The first kappa shape index (κ1) is 10.5. The molecule has 0 atom stereocenters. The minimum atomic E-state index is 0.104. The molecule has 2 aromatic rings. The average Bonchev–Trinajstić information content (AvgIpc) is 2.64. The molecule has 84 valence electrons. The quantitative estimate of drug-likeness (QED) is 0.533. The van der Waals surface area contributed by atoms with Crippen LogP contribution in [0.15, 0.2) is 18.2 Å². The summed E-state index contributed by atoms with van der Waals surface area (Å²) >= 11 is 0. The number of phenols is 1. The molecule has 4 heteroatoms. The van der Waals surface area contributed by atoms with Crippen molar-refractivity contribution >= 4 is 5.69 Å². The molecule has 2 rings (SSSR count). The maximum Gasteiger partial charge on any atom is 0.138 e. The van der Waals surface area contributed by atoms with E-state index in [2.05, 4.69) is 9.97 Å². The Kier molecular flexibility index (Phi) is 2.56. The monoisotopic (exact) mass is 217 g/mol. The number of aromatic amines is 1. The SMILES string of the molecule is CCc1nc(-c2ccc(O)c(N)c2)c(C)[nH]1. The molecule has 4 N–H and O–H groups in total. The minimum Gasteiger partial charge on any atom is -0.506 e. The van der Waals surface area contributed by atoms with E-state index in [0.717, 1.165) is 29.2 Å². The fraction of sp³-hybridized carbons (Fsp3) is 0.250. The third kappa shape index (κ3) is 1.74. The number of nitrogens with two attached hydrogens (primary N) is 1. The van der Waals surface area contributed by atoms with Gasteiger partial charge in [-0.3, -0.25) is 0 Å². The van der Waals surface area contributed by atoms with Crippen molar-refractivity contribution in [3.05, 3.63) is 29.7 Å². The summed E-state index contributed by atoms with van der Waals surface area (Å²) in [7, 11) is 0. The molecule has 1 aromatic carbocycles. The summed E-state index contributed by atoms with van der Waals surface area (Å²) in [6.07, 6.45) is 0.869. The van der Waals surface area contributed by atoms with Gasteiger partial charge in [0.1, 0.15) is 11.6 Å². The number of anilines is 1. The molecule has 0 spiro atoms. The molecule has 0 saturated carbocycles. The van der Waals surface area contributed by atoms with E-state index < -0.39 is 0 Å². The van der Waals surface area contributed by atoms with Crippen LogP contribution < -0.4 is 5.73 Å². The summed E-state index contributed by atoms with van der Waals surface area (Å²) in [5.74, 6) is 1.06. The lowest BCUT2D eigenvalue weighted by atomic mass is 10.1. The number of H-pyrrole nitrogens is 1. The largest absolute Gasteiger partial charge is 0.506 e. The van der Waals surface area contributed by atoms with Crippen molar-refractivity contribution in [2.75, 3.05) is 5.73 Å². The number of hydrogen-bond donors (Lipinski definition) is 3. The third-order valence-electron chi connectivity index (χ3n) is 2.57. The van der Waals surface area contributed by atoms with E-state index in [4.69, 9.17) is 5.73 Å². The standard InChI is InChI=1S/C12H15N3O/c1-3-11-14-7(2)12(15-11)8-4-5-10(16)9(13)6-8/h4-6,16H,3,13H2,1-2H3,(H,14,15). The summed E-state index contributed by atoms with van der Waals surface area (Å²) < 4.78 is 0. The second-order valence-electron chi connectivity index (χ2n) is 3.78. The molecule has 0 amide bonds. The van der Waals surface area contributed by atoms with Crippen LogP contribution >= 0.6 is 0 Å². The van der Waals surface area contributed by atoms with Crippen LogP contribution in [0.5, 0.6) is 5.75 Å². The number of phenolic OH excluding ortho intramolecular Hbond substituents is 1. The fourth-order valence-electron chi connectivity index (χ4n) is 1.67. The highest BCUT2D eigenvalue weighted by atomic mass is 16.3. The molecule has 0 aliphatic carbocycles. The Morgan fingerprint density at radius 2 is 2.19 bits per heavy atom. The molecule has 16 heavy (non-hydrogen) atoms. The first-order valence-electron chi connectivity index (χ1n) is 5.26. The fourth-order valence-corrected chi connectivity index (χ4v) is 1.67. The van der Waals surface area contributed by atoms with E-state index in [1.165, 1.54) is 0 Å². The lowest BCUT2D eigenvalue weighted by molar-refractivity contribution is 0.478. The Bertz CT molecular complexity index is 517. The average molecular weight is 217 g/mol. The summed E-state index contributed by atoms with van der Waals surface area (Å²) in [6, 6.07) is 5.14. The number of aryl methyl sites for hydroxylation is 2. The minimum absolute atomic E-state index is 0.104. The molecular formula is C12H15N3O. The lowest BCUT2D eigenvalue weighted by Gasteiger charge is -2.02. The van der Waals surface area contributed by atoms with Gasteiger partial charge < -0.3 is 15.8 Å². The molecule has 1 aromatic heterocycles. The molecular weight excluding hydrogens is 202 g/mol. The van der Waals surface area contributed by atoms with Crippen LogP contribution in [-0.2, 0) is 6.42 Å². The summed E-state index contributed by atoms with van der Waals surface area (Å²) in [5.41, 5.74) is 8.86. The van der Waals surface area contributed by atoms with E-state index in [1.807, 2.05) is 19.9 Å². The van der Waals surface area contributed by atoms with Crippen LogP contribution in [0.2, 0.25) is 0 Å². The number of imidazole rings is 1. The number of benzene rings is 1. The zero-order valence-electron chi connectivity index (χ0n) is 9.41. The Hall–Kier alpha value is -1.97. The van der Waals surface area contributed by atoms with Gasteiger partial charge in [0.25, 0.3) is 0 Å². The first-order chi connectivity index (χ1) is 7.61. The molecule has 0 bridgehead atoms. The van der Waals surface area contributed by atoms with Gasteiger partial charge in [-0.2, -0.15) is 0 Å². The number of rotatable bonds is 2. The maximum absolute atomic E-state index is 9.36. The zero-order valence-corrected chi connectivity index (χ0v) is 9.41. The van der Waals surface area contributed by atoms with Crippen LogP contribution in [0.3, 0.4) is 0 Å². The highest BCUT2D eigenvalue weighted by molar-refractivity contribution is 5.69. The Morgan fingerprint density at radius 1 is 1.44 bits per heavy atom. The highest BCUT2D eigenvalue weighted by Gasteiger charge is 2.09. The number of aromatic hydroxyl groups is 1. The molecule has 1 heterocycles. The van der Waals surface area contributed by atoms with Crippen molar-refractivity contribution in [2.24, 2.45) is 0 Å². The van der Waals surface area contributed by atoms with Crippen LogP contribution in [0.25, 0.3) is 11.3 Å². The van der Waals surface area contributed by atoms with Gasteiger partial charge in [-0.1, -0.05) is 6.92 Å². The zero-order chi connectivity index (χ0) is 11.7. The van der Waals surface area contributed by atoms with Gasteiger partial charge in [0, 0.05) is 17.7 Å². The molecule has 0 saturated heterocycles. The van der Waals surface area contributed by atoms with E-state index in [1.54, 1.807) is 12.1 Å². The summed E-state index contributed by atoms with van der Waals surface area (Å²) in [4.78, 5) is 7.69. The molecule has 0 unspecified atom stereocenters. The van der Waals surface area contributed by atoms with Crippen LogP contribution in [0.4, 0.5) is 5.69 Å². The van der Waals surface area contributed by atoms with Crippen LogP contribution in [0.1, 0.15) is 18.4 Å². The predicted octanol–water partition coefficient (Wildman–Crippen LogP) is 2.24. The topological polar surface area (TPSA) is 74.9 Å². The van der Waals surface area contributed by atoms with Crippen LogP contribution in [-0.4, -0.2) is 15.1 Å². The second-order valence-corrected chi connectivity index (χ2v) is 3.78. The Morgan fingerprint density at radius 3 is 2.75 bits per heavy atom. The number of nitrogens with zero attached hydrogens (tertiary/aromatic N) is 1. The maximum atomic E-state index is 9.36. The van der Waals surface area contributed by atoms with Gasteiger partial charge in [0.05, 0.1) is 11.4 Å². The van der Waals surface area contributed by atoms with Gasteiger partial charge >= 0.3 is 0 Å². The van der Waals surface area contributed by atoms with Crippen molar-refractivity contribution in [1.82, 2.24) is 9.97 Å². The third-order valence-corrected chi connectivity index (χ3v) is 2.57. The predicted molar refractivity (Wildman–Crippen MR) is 64.2 cm³/mol. The Balaban J connectivity index is 2.49. The van der Waals surface area contributed by atoms with Crippen molar-refractivity contribution in [2.45, 2.75) is 20.3 Å². The number of aromatic nitrogens is 2. The van der Waals surface area contributed by atoms with Gasteiger partial charge in [-0.05, 0) is 25.1 Å². The van der Waals surface area contributed by atoms with Crippen molar-refractivity contribution in [3.8, 4) is 17.0 Å². The molecule has 0 fully saturated rings. The number of nitrogens with one attached hydrogen (secondary N) is 1. The van der Waals surface area contributed by atoms with Gasteiger partial charge in [0.15, 0.2) is 0 Å². The van der Waals surface area contributed by atoms with Gasteiger partial charge in [-0.15, -0.1) is 0 Å². The normalized spacial score (nSPS) is 10.6. The van der Waals surface area contributed by atoms with Crippen molar-refractivity contribution < 1.29 is 5.11 Å². The van der Waals surface area contributed by atoms with Crippen LogP contribution in [0, 0.1) is 6.92 Å².